The maximum atomic E-state index is 8.36. The van der Waals surface area contributed by atoms with E-state index in [1.54, 1.807) is 6.20 Å². The van der Waals surface area contributed by atoms with Crippen molar-refractivity contribution in [3.8, 4) is 17.1 Å². The minimum absolute atomic E-state index is 0.647. The first-order valence-electron chi connectivity index (χ1n) is 10.1. The van der Waals surface area contributed by atoms with Gasteiger partial charge >= 0.3 is 0 Å². The average Bonchev–Trinajstić information content (AvgIpc) is 3.34. The molecule has 0 atom stereocenters. The number of hydrogen-bond donors (Lipinski definition) is 0. The van der Waals surface area contributed by atoms with Crippen molar-refractivity contribution in [1.29, 1.82) is 0 Å². The van der Waals surface area contributed by atoms with Crippen molar-refractivity contribution in [3.05, 3.63) is 78.5 Å². The normalized spacial score (nSPS) is 14.8. The molecule has 26 heavy (non-hydrogen) atoms. The van der Waals surface area contributed by atoms with Crippen molar-refractivity contribution in [2.45, 2.75) is 6.54 Å². The van der Waals surface area contributed by atoms with Gasteiger partial charge in [0.1, 0.15) is 5.69 Å². The number of nitrogens with zero attached hydrogens (tertiary/aromatic N) is 4. The monoisotopic (exact) mass is 340 g/mol. The van der Waals surface area contributed by atoms with Gasteiger partial charge in [-0.1, -0.05) is 36.4 Å². The van der Waals surface area contributed by atoms with Crippen LogP contribution in [0.15, 0.2) is 72.9 Å². The van der Waals surface area contributed by atoms with Crippen molar-refractivity contribution in [2.24, 2.45) is 6.98 Å². The van der Waals surface area contributed by atoms with Crippen LogP contribution in [0.3, 0.4) is 0 Å². The number of aromatic nitrogens is 4. The maximum absolute atomic E-state index is 8.36. The SMILES string of the molecule is [2H]C([2H])([2H])[n+]1c2n(c3c4cccnc4n(-c4ccccc4)c31)Cc1ccccc1-2. The molecule has 3 aromatic heterocycles. The standard InChI is InChI=1S/C22H17N4/c1-24-21-17-11-6-5-8-15(17)14-25(21)19-18-12-7-13-23-20(18)26(22(19)24)16-9-3-2-4-10-16/h2-13H,14H2,1H3/q+1/i1D3. The number of aryl methyl sites for hydroxylation is 1. The molecule has 0 aliphatic carbocycles. The number of imidazole rings is 1. The zero-order valence-electron chi connectivity index (χ0n) is 16.9. The van der Waals surface area contributed by atoms with Crippen LogP contribution in [0.1, 0.15) is 9.68 Å². The molecule has 0 radical (unpaired) electrons. The summed E-state index contributed by atoms with van der Waals surface area (Å²) >= 11 is 0. The first-order chi connectivity index (χ1) is 14.1. The summed E-state index contributed by atoms with van der Waals surface area (Å²) in [5, 5.41) is 0.948. The Labute approximate surface area is 154 Å². The maximum Gasteiger partial charge on any atom is 0.275 e. The Morgan fingerprint density at radius 3 is 2.73 bits per heavy atom. The Kier molecular flexibility index (Phi) is 2.09. The zero-order valence-corrected chi connectivity index (χ0v) is 13.9. The molecule has 4 heterocycles. The predicted octanol–water partition coefficient (Wildman–Crippen LogP) is 3.83. The molecule has 5 aromatic rings. The number of rotatable bonds is 1. The van der Waals surface area contributed by atoms with Crippen LogP contribution in [0.2, 0.25) is 0 Å². The average molecular weight is 340 g/mol. The lowest BCUT2D eigenvalue weighted by Gasteiger charge is -2.03. The van der Waals surface area contributed by atoms with Crippen LogP contribution in [0, 0.1) is 0 Å². The Bertz CT molecular complexity index is 1410. The quantitative estimate of drug-likeness (QED) is 0.418. The van der Waals surface area contributed by atoms with E-state index in [4.69, 9.17) is 4.11 Å². The molecule has 0 N–H and O–H groups in total. The Morgan fingerprint density at radius 2 is 1.85 bits per heavy atom. The molecule has 0 saturated carbocycles. The molecule has 6 rings (SSSR count). The number of para-hydroxylation sites is 1. The van der Waals surface area contributed by atoms with Gasteiger partial charge in [-0.05, 0) is 35.9 Å². The molecule has 2 aromatic carbocycles. The summed E-state index contributed by atoms with van der Waals surface area (Å²) < 4.78 is 30.7. The van der Waals surface area contributed by atoms with Gasteiger partial charge in [0, 0.05) is 6.20 Å². The van der Waals surface area contributed by atoms with E-state index in [0.717, 1.165) is 39.2 Å². The van der Waals surface area contributed by atoms with Crippen LogP contribution in [-0.4, -0.2) is 14.1 Å². The van der Waals surface area contributed by atoms with E-state index in [2.05, 4.69) is 15.6 Å². The van der Waals surface area contributed by atoms with Crippen molar-refractivity contribution in [2.75, 3.05) is 0 Å². The highest BCUT2D eigenvalue weighted by atomic mass is 15.3. The fraction of sp³-hybridized carbons (Fsp3) is 0.0909. The van der Waals surface area contributed by atoms with E-state index in [1.165, 1.54) is 4.57 Å². The van der Waals surface area contributed by atoms with Crippen molar-refractivity contribution in [3.63, 3.8) is 0 Å². The van der Waals surface area contributed by atoms with Gasteiger partial charge in [0.05, 0.1) is 28.6 Å². The first-order valence-corrected chi connectivity index (χ1v) is 8.63. The topological polar surface area (TPSA) is 26.6 Å². The molecule has 0 amide bonds. The molecular formula is C22H17N4+. The molecule has 1 aliphatic rings. The minimum atomic E-state index is -2.34. The highest BCUT2D eigenvalue weighted by Crippen LogP contribution is 2.37. The second-order valence-corrected chi connectivity index (χ2v) is 6.62. The van der Waals surface area contributed by atoms with E-state index in [0.29, 0.717) is 12.2 Å². The molecule has 4 nitrogen and oxygen atoms in total. The number of benzene rings is 2. The molecule has 0 saturated heterocycles. The summed E-state index contributed by atoms with van der Waals surface area (Å²) in [6, 6.07) is 21.8. The molecular weight excluding hydrogens is 320 g/mol. The number of hydrogen-bond acceptors (Lipinski definition) is 1. The third kappa shape index (κ3) is 1.59. The van der Waals surface area contributed by atoms with E-state index < -0.39 is 6.98 Å². The van der Waals surface area contributed by atoms with Crippen LogP contribution in [-0.2, 0) is 13.5 Å². The Hall–Kier alpha value is -3.40. The zero-order chi connectivity index (χ0) is 19.8. The highest BCUT2D eigenvalue weighted by molar-refractivity contribution is 6.04. The predicted molar refractivity (Wildman–Crippen MR) is 102 cm³/mol. The van der Waals surface area contributed by atoms with Crippen LogP contribution in [0.5, 0.6) is 0 Å². The van der Waals surface area contributed by atoms with Gasteiger partial charge in [0.25, 0.3) is 5.65 Å². The van der Waals surface area contributed by atoms with Gasteiger partial charge in [-0.3, -0.25) is 0 Å². The van der Waals surface area contributed by atoms with Crippen molar-refractivity contribution < 1.29 is 8.68 Å². The molecule has 4 heteroatoms. The van der Waals surface area contributed by atoms with Crippen molar-refractivity contribution in [1.82, 2.24) is 14.1 Å². The smallest absolute Gasteiger partial charge is 0.248 e. The third-order valence-corrected chi connectivity index (χ3v) is 5.23. The van der Waals surface area contributed by atoms with Crippen LogP contribution >= 0.6 is 0 Å². The molecule has 0 bridgehead atoms. The van der Waals surface area contributed by atoms with Gasteiger partial charge in [0.2, 0.25) is 11.5 Å². The minimum Gasteiger partial charge on any atom is -0.248 e. The van der Waals surface area contributed by atoms with Gasteiger partial charge in [-0.15, -0.1) is 0 Å². The van der Waals surface area contributed by atoms with Crippen LogP contribution in [0.25, 0.3) is 39.3 Å². The summed E-state index contributed by atoms with van der Waals surface area (Å²) in [6.07, 6.45) is 1.75. The summed E-state index contributed by atoms with van der Waals surface area (Å²) in [4.78, 5) is 4.62. The Morgan fingerprint density at radius 1 is 1.00 bits per heavy atom. The second-order valence-electron chi connectivity index (χ2n) is 6.62. The number of fused-ring (bicyclic) bond motifs is 7. The molecule has 1 aliphatic heterocycles. The number of pyridine rings is 1. The molecule has 0 spiro atoms. The molecule has 124 valence electrons. The van der Waals surface area contributed by atoms with Crippen LogP contribution in [0.4, 0.5) is 0 Å². The lowest BCUT2D eigenvalue weighted by atomic mass is 10.1. The second kappa shape index (κ2) is 4.82. The van der Waals surface area contributed by atoms with Crippen LogP contribution < -0.4 is 4.57 Å². The summed E-state index contributed by atoms with van der Waals surface area (Å²) in [5.41, 5.74) is 5.30. The first kappa shape index (κ1) is 11.3. The summed E-state index contributed by atoms with van der Waals surface area (Å²) in [6.45, 7) is -1.69. The van der Waals surface area contributed by atoms with E-state index in [-0.39, 0.29) is 0 Å². The lowest BCUT2D eigenvalue weighted by Crippen LogP contribution is -2.31. The summed E-state index contributed by atoms with van der Waals surface area (Å²) in [7, 11) is 0. The fourth-order valence-corrected chi connectivity index (χ4v) is 4.17. The summed E-state index contributed by atoms with van der Waals surface area (Å²) in [5.74, 6) is 0.723. The third-order valence-electron chi connectivity index (χ3n) is 5.23. The fourth-order valence-electron chi connectivity index (χ4n) is 4.17. The largest absolute Gasteiger partial charge is 0.275 e. The van der Waals surface area contributed by atoms with E-state index in [9.17, 15) is 0 Å². The van der Waals surface area contributed by atoms with Gasteiger partial charge in [-0.25, -0.2) is 18.7 Å². The van der Waals surface area contributed by atoms with Crippen molar-refractivity contribution >= 4 is 22.2 Å². The van der Waals surface area contributed by atoms with Gasteiger partial charge < -0.3 is 0 Å². The highest BCUT2D eigenvalue weighted by Gasteiger charge is 2.35. The molecule has 0 fully saturated rings. The molecule has 0 unspecified atom stereocenters. The van der Waals surface area contributed by atoms with E-state index >= 15 is 0 Å². The Balaban J connectivity index is 1.88. The van der Waals surface area contributed by atoms with Gasteiger partial charge in [0.15, 0.2) is 5.52 Å². The lowest BCUT2D eigenvalue weighted by molar-refractivity contribution is -0.636. The van der Waals surface area contributed by atoms with Gasteiger partial charge in [-0.2, -0.15) is 0 Å². The van der Waals surface area contributed by atoms with E-state index in [1.807, 2.05) is 65.2 Å².